The van der Waals surface area contributed by atoms with Gasteiger partial charge < -0.3 is 10.1 Å². The number of thioether (sulfide) groups is 1. The molecule has 7 nitrogen and oxygen atoms in total. The molecule has 0 unspecified atom stereocenters. The highest BCUT2D eigenvalue weighted by molar-refractivity contribution is 8.00. The third kappa shape index (κ3) is 4.51. The number of nitrogens with zero attached hydrogens (tertiary/aromatic N) is 4. The fourth-order valence-electron chi connectivity index (χ4n) is 2.61. The second-order valence-corrected chi connectivity index (χ2v) is 7.81. The molecule has 2 heterocycles. The van der Waals surface area contributed by atoms with Crippen LogP contribution < -0.4 is 10.1 Å². The van der Waals surface area contributed by atoms with E-state index in [-0.39, 0.29) is 17.2 Å². The highest BCUT2D eigenvalue weighted by Gasteiger charge is 2.22. The van der Waals surface area contributed by atoms with Crippen LogP contribution in [0, 0.1) is 0 Å². The number of pyridine rings is 1. The number of amides is 1. The Morgan fingerprint density at radius 3 is 2.36 bits per heavy atom. The normalized spacial score (nSPS) is 12.0. The average molecular weight is 398 g/mol. The van der Waals surface area contributed by atoms with E-state index in [1.54, 1.807) is 19.5 Å². The van der Waals surface area contributed by atoms with Crippen LogP contribution in [0.1, 0.15) is 20.8 Å². The van der Waals surface area contributed by atoms with Crippen LogP contribution >= 0.6 is 11.8 Å². The zero-order valence-electron chi connectivity index (χ0n) is 16.3. The van der Waals surface area contributed by atoms with E-state index in [1.807, 2.05) is 61.7 Å². The van der Waals surface area contributed by atoms with E-state index < -0.39 is 0 Å². The summed E-state index contributed by atoms with van der Waals surface area (Å²) in [4.78, 5) is 16.4. The van der Waals surface area contributed by atoms with Crippen LogP contribution in [-0.2, 0) is 4.79 Å². The van der Waals surface area contributed by atoms with Gasteiger partial charge in [-0.15, -0.1) is 10.2 Å². The molecule has 1 N–H and O–H groups in total. The Balaban J connectivity index is 2.00. The maximum atomic E-state index is 12.4. The van der Waals surface area contributed by atoms with Gasteiger partial charge in [0.1, 0.15) is 5.75 Å². The van der Waals surface area contributed by atoms with Crippen LogP contribution in [0.4, 0.5) is 0 Å². The van der Waals surface area contributed by atoms with Gasteiger partial charge >= 0.3 is 0 Å². The van der Waals surface area contributed by atoms with Gasteiger partial charge in [0.15, 0.2) is 11.0 Å². The van der Waals surface area contributed by atoms with Crippen molar-refractivity contribution in [3.63, 3.8) is 0 Å². The number of benzene rings is 1. The van der Waals surface area contributed by atoms with Gasteiger partial charge in [0.25, 0.3) is 0 Å². The molecule has 146 valence electrons. The lowest BCUT2D eigenvalue weighted by molar-refractivity contribution is -0.120. The molecule has 0 spiro atoms. The summed E-state index contributed by atoms with van der Waals surface area (Å²) in [6, 6.07) is 11.5. The molecule has 0 aliphatic carbocycles. The Labute approximate surface area is 168 Å². The van der Waals surface area contributed by atoms with Crippen LogP contribution in [0.5, 0.6) is 5.75 Å². The number of ether oxygens (including phenoxy) is 1. The number of carbonyl (C=O) groups is 1. The summed E-state index contributed by atoms with van der Waals surface area (Å²) in [5, 5.41) is 12.0. The molecule has 0 bridgehead atoms. The highest BCUT2D eigenvalue weighted by atomic mass is 32.2. The van der Waals surface area contributed by atoms with E-state index in [0.29, 0.717) is 11.0 Å². The van der Waals surface area contributed by atoms with Crippen molar-refractivity contribution in [2.75, 3.05) is 7.11 Å². The molecule has 2 aromatic heterocycles. The Kier molecular flexibility index (Phi) is 6.30. The highest BCUT2D eigenvalue weighted by Crippen LogP contribution is 2.30. The lowest BCUT2D eigenvalue weighted by Gasteiger charge is -2.15. The quantitative estimate of drug-likeness (QED) is 0.616. The lowest BCUT2D eigenvalue weighted by atomic mass is 10.2. The number of hydrogen-bond donors (Lipinski definition) is 1. The topological polar surface area (TPSA) is 81.9 Å². The second-order valence-electron chi connectivity index (χ2n) is 6.50. The molecule has 1 amide bonds. The van der Waals surface area contributed by atoms with Crippen molar-refractivity contribution in [2.45, 2.75) is 37.2 Å². The molecule has 1 aromatic carbocycles. The van der Waals surface area contributed by atoms with Crippen LogP contribution in [0.3, 0.4) is 0 Å². The first kappa shape index (κ1) is 19.9. The summed E-state index contributed by atoms with van der Waals surface area (Å²) < 4.78 is 7.20. The molecule has 3 aromatic rings. The molecule has 0 aliphatic rings. The summed E-state index contributed by atoms with van der Waals surface area (Å²) in [5.41, 5.74) is 1.78. The van der Waals surface area contributed by atoms with Gasteiger partial charge in [0, 0.05) is 29.7 Å². The number of rotatable bonds is 7. The summed E-state index contributed by atoms with van der Waals surface area (Å²) in [5.74, 6) is 1.42. The minimum atomic E-state index is -0.311. The van der Waals surface area contributed by atoms with Crippen molar-refractivity contribution in [3.05, 3.63) is 48.8 Å². The minimum absolute atomic E-state index is 0.0326. The molecule has 8 heteroatoms. The monoisotopic (exact) mass is 397 g/mol. The first-order valence-electron chi connectivity index (χ1n) is 8.97. The van der Waals surface area contributed by atoms with E-state index >= 15 is 0 Å². The average Bonchev–Trinajstić information content (AvgIpc) is 3.11. The molecule has 0 saturated heterocycles. The zero-order chi connectivity index (χ0) is 20.1. The number of hydrogen-bond acceptors (Lipinski definition) is 6. The fraction of sp³-hybridized carbons (Fsp3) is 0.300. The predicted octanol–water partition coefficient (Wildman–Crippen LogP) is 3.34. The summed E-state index contributed by atoms with van der Waals surface area (Å²) in [6.07, 6.45) is 3.43. The van der Waals surface area contributed by atoms with Gasteiger partial charge in [-0.2, -0.15) is 0 Å². The van der Waals surface area contributed by atoms with Crippen LogP contribution in [0.25, 0.3) is 17.1 Å². The van der Waals surface area contributed by atoms with Gasteiger partial charge in [-0.05, 0) is 57.2 Å². The van der Waals surface area contributed by atoms with Gasteiger partial charge in [0.05, 0.1) is 12.4 Å². The summed E-state index contributed by atoms with van der Waals surface area (Å²) in [6.45, 7) is 5.74. The van der Waals surface area contributed by atoms with E-state index in [0.717, 1.165) is 17.0 Å². The molecule has 1 atom stereocenters. The van der Waals surface area contributed by atoms with Crippen molar-refractivity contribution in [2.24, 2.45) is 0 Å². The van der Waals surface area contributed by atoms with E-state index in [2.05, 4.69) is 20.5 Å². The Morgan fingerprint density at radius 1 is 1.07 bits per heavy atom. The molecular formula is C20H23N5O2S. The van der Waals surface area contributed by atoms with Crippen molar-refractivity contribution in [1.29, 1.82) is 0 Å². The van der Waals surface area contributed by atoms with Crippen LogP contribution in [0.15, 0.2) is 53.9 Å². The Morgan fingerprint density at radius 2 is 1.75 bits per heavy atom. The second kappa shape index (κ2) is 8.88. The Bertz CT molecular complexity index is 926. The number of methoxy groups -OCH3 is 1. The summed E-state index contributed by atoms with van der Waals surface area (Å²) in [7, 11) is 1.63. The largest absolute Gasteiger partial charge is 0.497 e. The van der Waals surface area contributed by atoms with Crippen LogP contribution in [-0.4, -0.2) is 44.1 Å². The SMILES string of the molecule is COc1ccc(-n2c(S[C@@H](C)C(=O)NC(C)C)nnc2-c2ccncc2)cc1. The maximum Gasteiger partial charge on any atom is 0.233 e. The van der Waals surface area contributed by atoms with Crippen LogP contribution in [0.2, 0.25) is 0 Å². The standard InChI is InChI=1S/C20H23N5O2S/c1-13(2)22-19(26)14(3)28-20-24-23-18(15-9-11-21-12-10-15)25(20)16-5-7-17(27-4)8-6-16/h5-14H,1-4H3,(H,22,26)/t14-/m0/s1. The maximum absolute atomic E-state index is 12.4. The fourth-order valence-corrected chi connectivity index (χ4v) is 3.49. The molecule has 3 rings (SSSR count). The van der Waals surface area contributed by atoms with E-state index in [1.165, 1.54) is 11.8 Å². The van der Waals surface area contributed by atoms with Gasteiger partial charge in [0.2, 0.25) is 5.91 Å². The third-order valence-electron chi connectivity index (χ3n) is 3.98. The van der Waals surface area contributed by atoms with Gasteiger partial charge in [-0.25, -0.2) is 0 Å². The molecular weight excluding hydrogens is 374 g/mol. The minimum Gasteiger partial charge on any atom is -0.497 e. The smallest absolute Gasteiger partial charge is 0.233 e. The molecule has 0 fully saturated rings. The zero-order valence-corrected chi connectivity index (χ0v) is 17.1. The summed E-state index contributed by atoms with van der Waals surface area (Å²) >= 11 is 1.37. The third-order valence-corrected chi connectivity index (χ3v) is 5.03. The number of aromatic nitrogens is 4. The van der Waals surface area contributed by atoms with E-state index in [9.17, 15) is 4.79 Å². The molecule has 28 heavy (non-hydrogen) atoms. The van der Waals surface area contributed by atoms with E-state index in [4.69, 9.17) is 4.74 Å². The molecule has 0 radical (unpaired) electrons. The molecule has 0 aliphatic heterocycles. The lowest BCUT2D eigenvalue weighted by Crippen LogP contribution is -2.36. The number of carbonyl (C=O) groups excluding carboxylic acids is 1. The number of nitrogens with one attached hydrogen (secondary N) is 1. The first-order valence-corrected chi connectivity index (χ1v) is 9.85. The van der Waals surface area contributed by atoms with Crippen molar-refractivity contribution in [3.8, 4) is 22.8 Å². The van der Waals surface area contributed by atoms with Crippen molar-refractivity contribution in [1.82, 2.24) is 25.1 Å². The first-order chi connectivity index (χ1) is 13.5. The Hall–Kier alpha value is -2.87. The van der Waals surface area contributed by atoms with Gasteiger partial charge in [-0.3, -0.25) is 14.3 Å². The van der Waals surface area contributed by atoms with Gasteiger partial charge in [-0.1, -0.05) is 11.8 Å². The molecule has 0 saturated carbocycles. The van der Waals surface area contributed by atoms with Crippen molar-refractivity contribution >= 4 is 17.7 Å². The van der Waals surface area contributed by atoms with Crippen molar-refractivity contribution < 1.29 is 9.53 Å². The predicted molar refractivity (Wildman–Crippen MR) is 110 cm³/mol.